The van der Waals surface area contributed by atoms with Crippen LogP contribution < -0.4 is 0 Å². The molecule has 5 unspecified atom stereocenters. The van der Waals surface area contributed by atoms with Gasteiger partial charge in [0.05, 0.1) is 12.2 Å². The zero-order valence-electron chi connectivity index (χ0n) is 12.0. The summed E-state index contributed by atoms with van der Waals surface area (Å²) < 4.78 is 11.1. The lowest BCUT2D eigenvalue weighted by atomic mass is 9.78. The maximum Gasteiger partial charge on any atom is 0.188 e. The molecular formula is C15H25O3S+. The molecule has 2 saturated carbocycles. The molecule has 19 heavy (non-hydrogen) atoms. The molecule has 1 heterocycles. The molecule has 4 heteroatoms. The molecule has 1 saturated heterocycles. The predicted molar refractivity (Wildman–Crippen MR) is 77.6 cm³/mol. The highest BCUT2D eigenvalue weighted by molar-refractivity contribution is 7.98. The Bertz CT molecular complexity index is 340. The average Bonchev–Trinajstić information content (AvgIpc) is 3.05. The van der Waals surface area contributed by atoms with Crippen molar-refractivity contribution >= 4 is 16.7 Å². The van der Waals surface area contributed by atoms with Crippen LogP contribution in [0.2, 0.25) is 0 Å². The van der Waals surface area contributed by atoms with Gasteiger partial charge in [-0.15, -0.1) is 0 Å². The first-order valence-corrected chi connectivity index (χ1v) is 9.12. The lowest BCUT2D eigenvalue weighted by molar-refractivity contribution is -0.128. The van der Waals surface area contributed by atoms with Gasteiger partial charge in [-0.3, -0.25) is 4.79 Å². The molecule has 3 fully saturated rings. The second-order valence-corrected chi connectivity index (χ2v) is 8.63. The molecule has 0 spiro atoms. The van der Waals surface area contributed by atoms with E-state index in [1.165, 1.54) is 24.3 Å². The number of hydrogen-bond acceptors (Lipinski definition) is 3. The molecule has 3 rings (SSSR count). The average molecular weight is 285 g/mol. The Labute approximate surface area is 118 Å². The summed E-state index contributed by atoms with van der Waals surface area (Å²) in [6.45, 7) is 0. The SMILES string of the molecule is COC1CC2CC([S+]3CCCC3)C(=O)C2CC1OC. The smallest absolute Gasteiger partial charge is 0.188 e. The van der Waals surface area contributed by atoms with Gasteiger partial charge >= 0.3 is 0 Å². The summed E-state index contributed by atoms with van der Waals surface area (Å²) in [6.07, 6.45) is 5.99. The van der Waals surface area contributed by atoms with Gasteiger partial charge in [-0.2, -0.15) is 0 Å². The van der Waals surface area contributed by atoms with Crippen molar-refractivity contribution < 1.29 is 14.3 Å². The Kier molecular flexibility index (Phi) is 4.20. The Morgan fingerprint density at radius 3 is 2.26 bits per heavy atom. The first-order valence-electron chi connectivity index (χ1n) is 7.50. The van der Waals surface area contributed by atoms with Gasteiger partial charge < -0.3 is 9.47 Å². The van der Waals surface area contributed by atoms with E-state index in [0.717, 1.165) is 19.3 Å². The third-order valence-corrected chi connectivity index (χ3v) is 8.13. The van der Waals surface area contributed by atoms with Crippen molar-refractivity contribution in [3.63, 3.8) is 0 Å². The summed E-state index contributed by atoms with van der Waals surface area (Å²) in [7, 11) is 3.90. The lowest BCUT2D eigenvalue weighted by Crippen LogP contribution is -2.41. The summed E-state index contributed by atoms with van der Waals surface area (Å²) in [5.74, 6) is 3.98. The number of hydrogen-bond donors (Lipinski definition) is 0. The van der Waals surface area contributed by atoms with Crippen LogP contribution >= 0.6 is 0 Å². The van der Waals surface area contributed by atoms with Crippen molar-refractivity contribution in [1.29, 1.82) is 0 Å². The Balaban J connectivity index is 1.71. The molecule has 108 valence electrons. The molecule has 0 aromatic heterocycles. The molecule has 3 nitrogen and oxygen atoms in total. The van der Waals surface area contributed by atoms with E-state index in [-0.39, 0.29) is 18.1 Å². The van der Waals surface area contributed by atoms with E-state index in [2.05, 4.69) is 0 Å². The lowest BCUT2D eigenvalue weighted by Gasteiger charge is -2.35. The highest BCUT2D eigenvalue weighted by Gasteiger charge is 2.54. The van der Waals surface area contributed by atoms with Crippen LogP contribution in [0.1, 0.15) is 32.1 Å². The number of rotatable bonds is 3. The van der Waals surface area contributed by atoms with Crippen molar-refractivity contribution in [3.8, 4) is 0 Å². The largest absolute Gasteiger partial charge is 0.379 e. The molecule has 1 aliphatic heterocycles. The van der Waals surface area contributed by atoms with Gasteiger partial charge in [-0.25, -0.2) is 0 Å². The van der Waals surface area contributed by atoms with Crippen LogP contribution in [0.5, 0.6) is 0 Å². The van der Waals surface area contributed by atoms with Gasteiger partial charge in [0.2, 0.25) is 0 Å². The number of methoxy groups -OCH3 is 2. The van der Waals surface area contributed by atoms with Crippen molar-refractivity contribution in [2.45, 2.75) is 49.6 Å². The van der Waals surface area contributed by atoms with Crippen LogP contribution in [0.4, 0.5) is 0 Å². The van der Waals surface area contributed by atoms with Gasteiger partial charge in [-0.05, 0) is 42.5 Å². The van der Waals surface area contributed by atoms with E-state index in [0.29, 0.717) is 27.8 Å². The quantitative estimate of drug-likeness (QED) is 0.742. The van der Waals surface area contributed by atoms with Crippen LogP contribution in [0.15, 0.2) is 0 Å². The number of carbonyl (C=O) groups is 1. The fourth-order valence-electron chi connectivity index (χ4n) is 4.21. The van der Waals surface area contributed by atoms with E-state index in [9.17, 15) is 4.79 Å². The van der Waals surface area contributed by atoms with E-state index in [1.807, 2.05) is 0 Å². The minimum Gasteiger partial charge on any atom is -0.379 e. The maximum atomic E-state index is 12.7. The van der Waals surface area contributed by atoms with Crippen molar-refractivity contribution in [2.24, 2.45) is 11.8 Å². The van der Waals surface area contributed by atoms with Gasteiger partial charge in [0.15, 0.2) is 11.0 Å². The molecule has 0 aromatic rings. The van der Waals surface area contributed by atoms with Crippen LogP contribution in [0, 0.1) is 11.8 Å². The monoisotopic (exact) mass is 285 g/mol. The number of ketones is 1. The van der Waals surface area contributed by atoms with Gasteiger partial charge in [-0.1, -0.05) is 0 Å². The summed E-state index contributed by atoms with van der Waals surface area (Å²) in [6, 6.07) is 0. The van der Waals surface area contributed by atoms with E-state index < -0.39 is 0 Å². The number of fused-ring (bicyclic) bond motifs is 1. The minimum atomic E-state index is 0.112. The maximum absolute atomic E-state index is 12.7. The van der Waals surface area contributed by atoms with Crippen LogP contribution in [0.3, 0.4) is 0 Å². The van der Waals surface area contributed by atoms with Gasteiger partial charge in [0.1, 0.15) is 11.5 Å². The molecule has 2 aliphatic carbocycles. The minimum absolute atomic E-state index is 0.112. The Morgan fingerprint density at radius 1 is 1.00 bits per heavy atom. The first kappa shape index (κ1) is 13.9. The van der Waals surface area contributed by atoms with Gasteiger partial charge in [0.25, 0.3) is 0 Å². The highest BCUT2D eigenvalue weighted by Crippen LogP contribution is 2.45. The van der Waals surface area contributed by atoms with E-state index in [1.54, 1.807) is 14.2 Å². The highest BCUT2D eigenvalue weighted by atomic mass is 32.2. The summed E-state index contributed by atoms with van der Waals surface area (Å²) in [4.78, 5) is 12.7. The normalized spacial score (nSPS) is 43.7. The van der Waals surface area contributed by atoms with Crippen LogP contribution in [-0.4, -0.2) is 49.0 Å². The summed E-state index contributed by atoms with van der Waals surface area (Å²) in [5, 5.41) is 0.380. The molecule has 3 aliphatic rings. The molecule has 5 atom stereocenters. The Morgan fingerprint density at radius 2 is 1.63 bits per heavy atom. The number of carbonyl (C=O) groups excluding carboxylic acids is 1. The fourth-order valence-corrected chi connectivity index (χ4v) is 7.15. The Hall–Kier alpha value is -0.0600. The van der Waals surface area contributed by atoms with Crippen molar-refractivity contribution in [1.82, 2.24) is 0 Å². The summed E-state index contributed by atoms with van der Waals surface area (Å²) in [5.41, 5.74) is 0. The standard InChI is InChI=1S/C15H25O3S/c1-17-12-7-10-8-14(19-5-3-4-6-19)15(16)11(10)9-13(12)18-2/h10-14H,3-9H2,1-2H3/q+1. The molecular weight excluding hydrogens is 260 g/mol. The van der Waals surface area contributed by atoms with Crippen molar-refractivity contribution in [3.05, 3.63) is 0 Å². The second kappa shape index (κ2) is 5.74. The fraction of sp³-hybridized carbons (Fsp3) is 0.933. The molecule has 0 N–H and O–H groups in total. The number of ether oxygens (including phenoxy) is 2. The zero-order valence-corrected chi connectivity index (χ0v) is 12.8. The van der Waals surface area contributed by atoms with E-state index >= 15 is 0 Å². The van der Waals surface area contributed by atoms with Crippen LogP contribution in [-0.2, 0) is 25.2 Å². The molecule has 0 aromatic carbocycles. The molecule has 0 radical (unpaired) electrons. The summed E-state index contributed by atoms with van der Waals surface area (Å²) >= 11 is 0. The second-order valence-electron chi connectivity index (χ2n) is 6.17. The molecule has 0 bridgehead atoms. The third-order valence-electron chi connectivity index (χ3n) is 5.28. The first-order chi connectivity index (χ1) is 9.24. The molecule has 0 amide bonds. The van der Waals surface area contributed by atoms with E-state index in [4.69, 9.17) is 9.47 Å². The van der Waals surface area contributed by atoms with Gasteiger partial charge in [0, 0.05) is 26.6 Å². The van der Waals surface area contributed by atoms with Crippen LogP contribution in [0.25, 0.3) is 0 Å². The zero-order chi connectivity index (χ0) is 13.4. The predicted octanol–water partition coefficient (Wildman–Crippen LogP) is 1.80. The van der Waals surface area contributed by atoms with Crippen molar-refractivity contribution in [2.75, 3.05) is 25.7 Å². The third kappa shape index (κ3) is 2.47. The topological polar surface area (TPSA) is 35.5 Å². The number of Topliss-reactive ketones (excluding diaryl/α,β-unsaturated/α-hetero) is 1.